The highest BCUT2D eigenvalue weighted by molar-refractivity contribution is 5.77. The zero-order valence-corrected chi connectivity index (χ0v) is 12.3. The summed E-state index contributed by atoms with van der Waals surface area (Å²) in [6.07, 6.45) is 0.511. The van der Waals surface area contributed by atoms with Gasteiger partial charge in [0.25, 0.3) is 0 Å². The molecule has 21 heavy (non-hydrogen) atoms. The number of carbonyl (C=O) groups is 2. The van der Waals surface area contributed by atoms with E-state index >= 15 is 0 Å². The van der Waals surface area contributed by atoms with Crippen LogP contribution in [0, 0.1) is 12.8 Å². The van der Waals surface area contributed by atoms with Gasteiger partial charge in [0, 0.05) is 25.2 Å². The van der Waals surface area contributed by atoms with Crippen molar-refractivity contribution in [2.45, 2.75) is 19.9 Å². The third kappa shape index (κ3) is 3.65. The van der Waals surface area contributed by atoms with Gasteiger partial charge in [0.2, 0.25) is 0 Å². The smallest absolute Gasteiger partial charge is 0.317 e. The van der Waals surface area contributed by atoms with E-state index in [1.54, 1.807) is 12.0 Å². The first-order chi connectivity index (χ1) is 10.0. The average molecular weight is 292 g/mol. The number of nitrogens with zero attached hydrogens (tertiary/aromatic N) is 1. The number of likely N-dealkylation sites (tertiary alicyclic amines) is 1. The number of methoxy groups -OCH3 is 1. The van der Waals surface area contributed by atoms with Gasteiger partial charge in [-0.15, -0.1) is 0 Å². The molecule has 6 nitrogen and oxygen atoms in total. The Bertz CT molecular complexity index is 544. The molecule has 1 saturated heterocycles. The number of benzene rings is 1. The van der Waals surface area contributed by atoms with Gasteiger partial charge >= 0.3 is 12.0 Å². The zero-order chi connectivity index (χ0) is 15.4. The number of carboxylic acids is 1. The largest absolute Gasteiger partial charge is 0.496 e. The molecule has 1 aliphatic heterocycles. The summed E-state index contributed by atoms with van der Waals surface area (Å²) in [6, 6.07) is 5.55. The topological polar surface area (TPSA) is 78.9 Å². The molecular formula is C15H20N2O4. The van der Waals surface area contributed by atoms with E-state index in [1.165, 1.54) is 0 Å². The quantitative estimate of drug-likeness (QED) is 0.884. The SMILES string of the molecule is COc1cc(C)ccc1CNC(=O)N1CCC(C(=O)O)C1. The number of amides is 2. The van der Waals surface area contributed by atoms with E-state index in [1.807, 2.05) is 25.1 Å². The number of rotatable bonds is 4. The van der Waals surface area contributed by atoms with Crippen LogP contribution in [0.5, 0.6) is 5.75 Å². The maximum Gasteiger partial charge on any atom is 0.317 e. The van der Waals surface area contributed by atoms with E-state index in [4.69, 9.17) is 9.84 Å². The van der Waals surface area contributed by atoms with Crippen LogP contribution in [0.25, 0.3) is 0 Å². The lowest BCUT2D eigenvalue weighted by atomic mass is 10.1. The summed E-state index contributed by atoms with van der Waals surface area (Å²) in [4.78, 5) is 24.5. The van der Waals surface area contributed by atoms with E-state index in [2.05, 4.69) is 5.32 Å². The highest BCUT2D eigenvalue weighted by Gasteiger charge is 2.30. The number of hydrogen-bond donors (Lipinski definition) is 2. The average Bonchev–Trinajstić information content (AvgIpc) is 2.95. The van der Waals surface area contributed by atoms with Crippen molar-refractivity contribution in [1.29, 1.82) is 0 Å². The van der Waals surface area contributed by atoms with E-state index in [0.29, 0.717) is 19.5 Å². The Hall–Kier alpha value is -2.24. The molecule has 2 N–H and O–H groups in total. The van der Waals surface area contributed by atoms with Crippen molar-refractivity contribution >= 4 is 12.0 Å². The lowest BCUT2D eigenvalue weighted by molar-refractivity contribution is -0.141. The summed E-state index contributed by atoms with van der Waals surface area (Å²) in [5.41, 5.74) is 1.98. The standard InChI is InChI=1S/C15H20N2O4/c1-10-3-4-11(13(7-10)21-2)8-16-15(20)17-6-5-12(9-17)14(18)19/h3-4,7,12H,5-6,8-9H2,1-2H3,(H,16,20)(H,18,19). The zero-order valence-electron chi connectivity index (χ0n) is 12.3. The maximum atomic E-state index is 12.0. The first-order valence-electron chi connectivity index (χ1n) is 6.90. The Morgan fingerprint density at radius 1 is 1.48 bits per heavy atom. The van der Waals surface area contributed by atoms with Crippen LogP contribution in [-0.4, -0.2) is 42.2 Å². The van der Waals surface area contributed by atoms with Gasteiger partial charge in [-0.25, -0.2) is 4.79 Å². The second-order valence-electron chi connectivity index (χ2n) is 5.24. The Morgan fingerprint density at radius 3 is 2.86 bits per heavy atom. The molecule has 114 valence electrons. The number of aryl methyl sites for hydroxylation is 1. The summed E-state index contributed by atoms with van der Waals surface area (Å²) >= 11 is 0. The Labute approximate surface area is 123 Å². The van der Waals surface area contributed by atoms with E-state index < -0.39 is 11.9 Å². The van der Waals surface area contributed by atoms with Gasteiger partial charge in [0.1, 0.15) is 5.75 Å². The Balaban J connectivity index is 1.91. The lowest BCUT2D eigenvalue weighted by Gasteiger charge is -2.17. The molecule has 0 radical (unpaired) electrons. The van der Waals surface area contributed by atoms with Crippen molar-refractivity contribution in [2.75, 3.05) is 20.2 Å². The minimum atomic E-state index is -0.842. The highest BCUT2D eigenvalue weighted by atomic mass is 16.5. The third-order valence-corrected chi connectivity index (χ3v) is 3.70. The van der Waals surface area contributed by atoms with Crippen LogP contribution < -0.4 is 10.1 Å². The summed E-state index contributed by atoms with van der Waals surface area (Å²) in [5, 5.41) is 11.7. The van der Waals surface area contributed by atoms with Gasteiger partial charge in [-0.2, -0.15) is 0 Å². The summed E-state index contributed by atoms with van der Waals surface area (Å²) in [7, 11) is 1.60. The molecule has 0 bridgehead atoms. The lowest BCUT2D eigenvalue weighted by Crippen LogP contribution is -2.38. The summed E-state index contributed by atoms with van der Waals surface area (Å²) < 4.78 is 5.29. The first-order valence-corrected chi connectivity index (χ1v) is 6.90. The van der Waals surface area contributed by atoms with Gasteiger partial charge in [0.15, 0.2) is 0 Å². The summed E-state index contributed by atoms with van der Waals surface area (Å²) in [5.74, 6) is -0.560. The predicted molar refractivity (Wildman–Crippen MR) is 77.3 cm³/mol. The molecule has 0 spiro atoms. The van der Waals surface area contributed by atoms with Crippen LogP contribution >= 0.6 is 0 Å². The fourth-order valence-corrected chi connectivity index (χ4v) is 2.43. The van der Waals surface area contributed by atoms with Crippen LogP contribution in [0.3, 0.4) is 0 Å². The molecule has 2 amide bonds. The molecule has 1 fully saturated rings. The number of aliphatic carboxylic acids is 1. The number of hydrogen-bond acceptors (Lipinski definition) is 3. The Morgan fingerprint density at radius 2 is 2.24 bits per heavy atom. The van der Waals surface area contributed by atoms with Gasteiger partial charge in [-0.1, -0.05) is 12.1 Å². The molecule has 1 heterocycles. The fourth-order valence-electron chi connectivity index (χ4n) is 2.43. The van der Waals surface area contributed by atoms with Crippen LogP contribution in [-0.2, 0) is 11.3 Å². The normalized spacial score (nSPS) is 17.6. The van der Waals surface area contributed by atoms with Crippen molar-refractivity contribution in [3.63, 3.8) is 0 Å². The molecule has 0 saturated carbocycles. The number of nitrogens with one attached hydrogen (secondary N) is 1. The van der Waals surface area contributed by atoms with Crippen LogP contribution in [0.4, 0.5) is 4.79 Å². The van der Waals surface area contributed by atoms with Crippen molar-refractivity contribution in [1.82, 2.24) is 10.2 Å². The molecule has 1 aromatic carbocycles. The minimum Gasteiger partial charge on any atom is -0.496 e. The van der Waals surface area contributed by atoms with E-state index in [9.17, 15) is 9.59 Å². The van der Waals surface area contributed by atoms with Crippen molar-refractivity contribution in [3.8, 4) is 5.75 Å². The van der Waals surface area contributed by atoms with E-state index in [-0.39, 0.29) is 12.6 Å². The van der Waals surface area contributed by atoms with Crippen LogP contribution in [0.15, 0.2) is 18.2 Å². The second-order valence-corrected chi connectivity index (χ2v) is 5.24. The predicted octanol–water partition coefficient (Wildman–Crippen LogP) is 1.62. The minimum absolute atomic E-state index is 0.235. The molecule has 1 aromatic rings. The summed E-state index contributed by atoms with van der Waals surface area (Å²) in [6.45, 7) is 3.08. The van der Waals surface area contributed by atoms with Gasteiger partial charge < -0.3 is 20.1 Å². The Kier molecular flexibility index (Phi) is 4.67. The van der Waals surface area contributed by atoms with Crippen molar-refractivity contribution in [3.05, 3.63) is 29.3 Å². The molecule has 6 heteroatoms. The third-order valence-electron chi connectivity index (χ3n) is 3.70. The van der Waals surface area contributed by atoms with Crippen LogP contribution in [0.1, 0.15) is 17.5 Å². The molecule has 0 aromatic heterocycles. The number of ether oxygens (including phenoxy) is 1. The maximum absolute atomic E-state index is 12.0. The number of urea groups is 1. The molecule has 1 unspecified atom stereocenters. The fraction of sp³-hybridized carbons (Fsp3) is 0.467. The highest BCUT2D eigenvalue weighted by Crippen LogP contribution is 2.20. The van der Waals surface area contributed by atoms with Crippen molar-refractivity contribution < 1.29 is 19.4 Å². The molecule has 0 aliphatic carbocycles. The van der Waals surface area contributed by atoms with Gasteiger partial charge in [-0.05, 0) is 25.0 Å². The van der Waals surface area contributed by atoms with Gasteiger partial charge in [0.05, 0.1) is 13.0 Å². The molecule has 1 atom stereocenters. The second kappa shape index (κ2) is 6.47. The molecular weight excluding hydrogens is 272 g/mol. The van der Waals surface area contributed by atoms with E-state index in [0.717, 1.165) is 16.9 Å². The van der Waals surface area contributed by atoms with Gasteiger partial charge in [-0.3, -0.25) is 4.79 Å². The monoisotopic (exact) mass is 292 g/mol. The van der Waals surface area contributed by atoms with Crippen LogP contribution in [0.2, 0.25) is 0 Å². The molecule has 2 rings (SSSR count). The van der Waals surface area contributed by atoms with Crippen molar-refractivity contribution in [2.24, 2.45) is 5.92 Å². The number of carbonyl (C=O) groups excluding carboxylic acids is 1. The number of carboxylic acid groups (broad SMARTS) is 1. The first kappa shape index (κ1) is 15.2. The molecule has 1 aliphatic rings.